The molecule has 0 bridgehead atoms. The first-order chi connectivity index (χ1) is 7.75. The van der Waals surface area contributed by atoms with E-state index in [2.05, 4.69) is 22.6 Å². The van der Waals surface area contributed by atoms with E-state index in [0.29, 0.717) is 0 Å². The van der Waals surface area contributed by atoms with Crippen LogP contribution >= 0.6 is 0 Å². The molecule has 90 valence electrons. The minimum absolute atomic E-state index is 0.866. The summed E-state index contributed by atoms with van der Waals surface area (Å²) in [6.07, 6.45) is 7.43. The molecule has 16 heavy (non-hydrogen) atoms. The number of hydrogen-bond acceptors (Lipinski definition) is 3. The summed E-state index contributed by atoms with van der Waals surface area (Å²) in [6.45, 7) is 4.39. The van der Waals surface area contributed by atoms with Crippen LogP contribution in [0.15, 0.2) is 6.20 Å². The van der Waals surface area contributed by atoms with Crippen molar-refractivity contribution < 1.29 is 0 Å². The smallest absolute Gasteiger partial charge is 0.0738 e. The minimum atomic E-state index is 0.866. The zero-order valence-electron chi connectivity index (χ0n) is 10.3. The molecule has 1 saturated carbocycles. The van der Waals surface area contributed by atoms with Crippen molar-refractivity contribution in [3.05, 3.63) is 11.9 Å². The van der Waals surface area contributed by atoms with E-state index in [1.54, 1.807) is 0 Å². The molecule has 2 rings (SSSR count). The summed E-state index contributed by atoms with van der Waals surface area (Å²) < 4.78 is 1.83. The van der Waals surface area contributed by atoms with E-state index < -0.39 is 0 Å². The standard InChI is InChI=1S/C12H22N4/c1-10-4-3-5-11(6-10)7-13-8-12-9-14-15-16(12)2/h9-11,13H,3-8H2,1-2H3. The number of rotatable bonds is 4. The molecule has 4 heteroatoms. The lowest BCUT2D eigenvalue weighted by Crippen LogP contribution is -2.27. The monoisotopic (exact) mass is 222 g/mol. The van der Waals surface area contributed by atoms with Crippen LogP contribution < -0.4 is 5.32 Å². The maximum atomic E-state index is 3.92. The Morgan fingerprint density at radius 3 is 3.06 bits per heavy atom. The van der Waals surface area contributed by atoms with Gasteiger partial charge in [-0.25, -0.2) is 0 Å². The molecule has 0 amide bonds. The molecule has 0 radical (unpaired) electrons. The Morgan fingerprint density at radius 1 is 1.50 bits per heavy atom. The fourth-order valence-corrected chi connectivity index (χ4v) is 2.62. The summed E-state index contributed by atoms with van der Waals surface area (Å²) in [6, 6.07) is 0. The average molecular weight is 222 g/mol. The molecule has 0 aromatic carbocycles. The van der Waals surface area contributed by atoms with E-state index in [1.807, 2.05) is 17.9 Å². The largest absolute Gasteiger partial charge is 0.311 e. The molecular weight excluding hydrogens is 200 g/mol. The highest BCUT2D eigenvalue weighted by Gasteiger charge is 2.18. The van der Waals surface area contributed by atoms with Crippen molar-refractivity contribution in [3.63, 3.8) is 0 Å². The van der Waals surface area contributed by atoms with Crippen LogP contribution in [-0.4, -0.2) is 21.5 Å². The molecule has 1 fully saturated rings. The molecule has 1 aliphatic rings. The third-order valence-corrected chi connectivity index (χ3v) is 3.59. The highest BCUT2D eigenvalue weighted by Crippen LogP contribution is 2.27. The van der Waals surface area contributed by atoms with Crippen LogP contribution in [0.25, 0.3) is 0 Å². The van der Waals surface area contributed by atoms with Gasteiger partial charge in [-0.15, -0.1) is 5.10 Å². The highest BCUT2D eigenvalue weighted by atomic mass is 15.4. The SMILES string of the molecule is CC1CCCC(CNCc2cnnn2C)C1. The molecule has 2 unspecified atom stereocenters. The van der Waals surface area contributed by atoms with Crippen molar-refractivity contribution in [2.75, 3.05) is 6.54 Å². The molecule has 1 aliphatic carbocycles. The van der Waals surface area contributed by atoms with Crippen LogP contribution in [0.3, 0.4) is 0 Å². The van der Waals surface area contributed by atoms with Gasteiger partial charge in [0.15, 0.2) is 0 Å². The lowest BCUT2D eigenvalue weighted by Gasteiger charge is -2.26. The fourth-order valence-electron chi connectivity index (χ4n) is 2.62. The topological polar surface area (TPSA) is 42.7 Å². The molecule has 0 spiro atoms. The van der Waals surface area contributed by atoms with Gasteiger partial charge in [-0.2, -0.15) is 0 Å². The van der Waals surface area contributed by atoms with Gasteiger partial charge in [0.05, 0.1) is 11.9 Å². The summed E-state index contributed by atoms with van der Waals surface area (Å²) in [5.41, 5.74) is 1.16. The fraction of sp³-hybridized carbons (Fsp3) is 0.833. The second-order valence-electron chi connectivity index (χ2n) is 5.12. The molecule has 1 aromatic heterocycles. The van der Waals surface area contributed by atoms with Gasteiger partial charge in [0, 0.05) is 13.6 Å². The normalized spacial score (nSPS) is 25.9. The van der Waals surface area contributed by atoms with Gasteiger partial charge < -0.3 is 5.32 Å². The highest BCUT2D eigenvalue weighted by molar-refractivity contribution is 4.92. The predicted molar refractivity (Wildman–Crippen MR) is 63.8 cm³/mol. The molecule has 2 atom stereocenters. The van der Waals surface area contributed by atoms with Crippen molar-refractivity contribution in [3.8, 4) is 0 Å². The summed E-state index contributed by atoms with van der Waals surface area (Å²) in [5, 5.41) is 11.3. The Balaban J connectivity index is 1.70. The molecule has 1 N–H and O–H groups in total. The maximum Gasteiger partial charge on any atom is 0.0738 e. The Bertz CT molecular complexity index is 321. The Hall–Kier alpha value is -0.900. The summed E-state index contributed by atoms with van der Waals surface area (Å²) in [5.74, 6) is 1.78. The van der Waals surface area contributed by atoms with Gasteiger partial charge in [-0.05, 0) is 31.2 Å². The number of hydrogen-bond donors (Lipinski definition) is 1. The molecular formula is C12H22N4. The first-order valence-corrected chi connectivity index (χ1v) is 6.30. The van der Waals surface area contributed by atoms with Crippen LogP contribution in [0.5, 0.6) is 0 Å². The molecule has 4 nitrogen and oxygen atoms in total. The lowest BCUT2D eigenvalue weighted by atomic mass is 9.82. The van der Waals surface area contributed by atoms with Gasteiger partial charge in [-0.3, -0.25) is 4.68 Å². The molecule has 0 saturated heterocycles. The summed E-state index contributed by atoms with van der Waals surface area (Å²) in [7, 11) is 1.94. The van der Waals surface area contributed by atoms with Crippen molar-refractivity contribution in [1.29, 1.82) is 0 Å². The minimum Gasteiger partial charge on any atom is -0.311 e. The van der Waals surface area contributed by atoms with E-state index in [9.17, 15) is 0 Å². The van der Waals surface area contributed by atoms with Gasteiger partial charge in [0.25, 0.3) is 0 Å². The summed E-state index contributed by atoms with van der Waals surface area (Å²) >= 11 is 0. The summed E-state index contributed by atoms with van der Waals surface area (Å²) in [4.78, 5) is 0. The Morgan fingerprint density at radius 2 is 2.38 bits per heavy atom. The Kier molecular flexibility index (Phi) is 3.93. The van der Waals surface area contributed by atoms with Crippen LogP contribution in [0, 0.1) is 11.8 Å². The van der Waals surface area contributed by atoms with Crippen molar-refractivity contribution in [2.45, 2.75) is 39.2 Å². The zero-order chi connectivity index (χ0) is 11.4. The molecule has 1 heterocycles. The lowest BCUT2D eigenvalue weighted by molar-refractivity contribution is 0.273. The Labute approximate surface area is 97.4 Å². The van der Waals surface area contributed by atoms with Gasteiger partial charge in [0.2, 0.25) is 0 Å². The first-order valence-electron chi connectivity index (χ1n) is 6.30. The number of nitrogens with one attached hydrogen (secondary N) is 1. The van der Waals surface area contributed by atoms with E-state index in [1.165, 1.54) is 25.7 Å². The number of nitrogens with zero attached hydrogens (tertiary/aromatic N) is 3. The maximum absolute atomic E-state index is 3.92. The van der Waals surface area contributed by atoms with Crippen LogP contribution in [0.1, 0.15) is 38.3 Å². The van der Waals surface area contributed by atoms with Crippen molar-refractivity contribution >= 4 is 0 Å². The van der Waals surface area contributed by atoms with E-state index in [-0.39, 0.29) is 0 Å². The van der Waals surface area contributed by atoms with Crippen molar-refractivity contribution in [1.82, 2.24) is 20.3 Å². The van der Waals surface area contributed by atoms with E-state index in [0.717, 1.165) is 30.6 Å². The predicted octanol–water partition coefficient (Wildman–Crippen LogP) is 1.73. The van der Waals surface area contributed by atoms with Gasteiger partial charge in [-0.1, -0.05) is 25.0 Å². The van der Waals surface area contributed by atoms with E-state index in [4.69, 9.17) is 0 Å². The van der Waals surface area contributed by atoms with Crippen LogP contribution in [0.2, 0.25) is 0 Å². The van der Waals surface area contributed by atoms with Crippen LogP contribution in [-0.2, 0) is 13.6 Å². The number of aryl methyl sites for hydroxylation is 1. The van der Waals surface area contributed by atoms with Crippen LogP contribution in [0.4, 0.5) is 0 Å². The zero-order valence-corrected chi connectivity index (χ0v) is 10.3. The molecule has 1 aromatic rings. The van der Waals surface area contributed by atoms with E-state index >= 15 is 0 Å². The van der Waals surface area contributed by atoms with Crippen molar-refractivity contribution in [2.24, 2.45) is 18.9 Å². The van der Waals surface area contributed by atoms with Gasteiger partial charge in [0.1, 0.15) is 0 Å². The second-order valence-corrected chi connectivity index (χ2v) is 5.12. The average Bonchev–Trinajstić information content (AvgIpc) is 2.65. The second kappa shape index (κ2) is 5.43. The third kappa shape index (κ3) is 3.04. The van der Waals surface area contributed by atoms with Gasteiger partial charge >= 0.3 is 0 Å². The third-order valence-electron chi connectivity index (χ3n) is 3.59. The molecule has 0 aliphatic heterocycles. The first kappa shape index (κ1) is 11.6. The number of aromatic nitrogens is 3. The quantitative estimate of drug-likeness (QED) is 0.843.